The molecule has 0 aromatic rings. The van der Waals surface area contributed by atoms with Gasteiger partial charge < -0.3 is 20.1 Å². The Balaban J connectivity index is 2.53. The summed E-state index contributed by atoms with van der Waals surface area (Å²) < 4.78 is 4.90. The van der Waals surface area contributed by atoms with E-state index in [2.05, 4.69) is 0 Å². The zero-order valence-corrected chi connectivity index (χ0v) is 6.47. The highest BCUT2D eigenvalue weighted by molar-refractivity contribution is 4.91. The van der Waals surface area contributed by atoms with Crippen LogP contribution in [0, 0.1) is 5.92 Å². The van der Waals surface area contributed by atoms with Gasteiger partial charge in [-0.05, 0) is 6.42 Å². The molecule has 0 aromatic heterocycles. The van der Waals surface area contributed by atoms with Crippen LogP contribution in [-0.2, 0) is 4.74 Å². The molecule has 1 aliphatic carbocycles. The Hall–Kier alpha value is -0.160. The van der Waals surface area contributed by atoms with E-state index in [1.54, 1.807) is 0 Å². The standard InChI is InChI=1S/C7H14O4/c1-11-5-2-4(3-8)6(9)7(5)10/h4-10H,2-3H2,1H3/t4-,5-,6-,7-/m1/s1/i1+1. The monoisotopic (exact) mass is 163 g/mol. The SMILES string of the molecule is [13CH3]O[C@@H]1C[C@H](CO)[C@@H](O)[C@@H]1O. The van der Waals surface area contributed by atoms with Crippen LogP contribution < -0.4 is 0 Å². The largest absolute Gasteiger partial charge is 0.396 e. The van der Waals surface area contributed by atoms with Crippen molar-refractivity contribution in [1.29, 1.82) is 0 Å². The van der Waals surface area contributed by atoms with E-state index in [1.165, 1.54) is 7.11 Å². The topological polar surface area (TPSA) is 69.9 Å². The second-order valence-electron chi connectivity index (χ2n) is 2.93. The quantitative estimate of drug-likeness (QED) is 0.444. The fourth-order valence-corrected chi connectivity index (χ4v) is 1.49. The predicted molar refractivity (Wildman–Crippen MR) is 38.0 cm³/mol. The predicted octanol–water partition coefficient (Wildman–Crippen LogP) is -1.26. The molecule has 0 radical (unpaired) electrons. The van der Waals surface area contributed by atoms with Crippen molar-refractivity contribution in [2.75, 3.05) is 13.7 Å². The molecule has 0 bridgehead atoms. The number of hydrogen-bond donors (Lipinski definition) is 3. The van der Waals surface area contributed by atoms with Crippen LogP contribution in [0.2, 0.25) is 0 Å². The molecule has 1 saturated carbocycles. The molecule has 1 rings (SSSR count). The fourth-order valence-electron chi connectivity index (χ4n) is 1.49. The molecule has 0 aliphatic heterocycles. The molecule has 0 aromatic carbocycles. The molecule has 0 unspecified atom stereocenters. The fraction of sp³-hybridized carbons (Fsp3) is 1.00. The number of aliphatic hydroxyl groups excluding tert-OH is 3. The first kappa shape index (κ1) is 8.93. The minimum absolute atomic E-state index is 0.0991. The van der Waals surface area contributed by atoms with Crippen LogP contribution in [-0.4, -0.2) is 47.3 Å². The van der Waals surface area contributed by atoms with Crippen LogP contribution >= 0.6 is 0 Å². The first-order chi connectivity index (χ1) is 5.20. The maximum Gasteiger partial charge on any atom is 0.106 e. The lowest BCUT2D eigenvalue weighted by molar-refractivity contribution is -0.0440. The summed E-state index contributed by atoms with van der Waals surface area (Å²) in [6, 6.07) is 0. The lowest BCUT2D eigenvalue weighted by atomic mass is 10.1. The van der Waals surface area contributed by atoms with E-state index < -0.39 is 12.2 Å². The van der Waals surface area contributed by atoms with Gasteiger partial charge in [-0.15, -0.1) is 0 Å². The molecular formula is C7H14O4. The summed E-state index contributed by atoms with van der Waals surface area (Å²) in [5.74, 6) is -0.241. The summed E-state index contributed by atoms with van der Waals surface area (Å²) in [6.45, 7) is -0.0991. The molecule has 66 valence electrons. The first-order valence-corrected chi connectivity index (χ1v) is 3.70. The van der Waals surface area contributed by atoms with Gasteiger partial charge in [-0.1, -0.05) is 0 Å². The normalized spacial score (nSPS) is 44.7. The molecule has 4 heteroatoms. The van der Waals surface area contributed by atoms with Gasteiger partial charge in [0, 0.05) is 19.6 Å². The van der Waals surface area contributed by atoms with Crippen molar-refractivity contribution in [1.82, 2.24) is 0 Å². The number of methoxy groups -OCH3 is 1. The third kappa shape index (κ3) is 1.54. The van der Waals surface area contributed by atoms with E-state index in [1.807, 2.05) is 0 Å². The Morgan fingerprint density at radius 3 is 2.27 bits per heavy atom. The van der Waals surface area contributed by atoms with Crippen molar-refractivity contribution < 1.29 is 20.1 Å². The van der Waals surface area contributed by atoms with Gasteiger partial charge in [0.05, 0.1) is 12.2 Å². The van der Waals surface area contributed by atoms with Crippen LogP contribution in [0.3, 0.4) is 0 Å². The van der Waals surface area contributed by atoms with Crippen LogP contribution in [0.25, 0.3) is 0 Å². The van der Waals surface area contributed by atoms with Gasteiger partial charge in [0.2, 0.25) is 0 Å². The van der Waals surface area contributed by atoms with Gasteiger partial charge >= 0.3 is 0 Å². The Kier molecular flexibility index (Phi) is 2.84. The van der Waals surface area contributed by atoms with Crippen LogP contribution in [0.5, 0.6) is 0 Å². The Labute approximate surface area is 65.4 Å². The Bertz CT molecular complexity index is 110. The average molecular weight is 163 g/mol. The highest BCUT2D eigenvalue weighted by Crippen LogP contribution is 2.27. The third-order valence-electron chi connectivity index (χ3n) is 2.29. The second-order valence-corrected chi connectivity index (χ2v) is 2.93. The Morgan fingerprint density at radius 2 is 2.00 bits per heavy atom. The second kappa shape index (κ2) is 3.49. The zero-order chi connectivity index (χ0) is 8.43. The summed E-state index contributed by atoms with van der Waals surface area (Å²) in [5.41, 5.74) is 0. The first-order valence-electron chi connectivity index (χ1n) is 3.70. The number of aliphatic hydroxyl groups is 3. The van der Waals surface area contributed by atoms with Crippen molar-refractivity contribution in [2.24, 2.45) is 5.92 Å². The van der Waals surface area contributed by atoms with Crippen LogP contribution in [0.4, 0.5) is 0 Å². The lowest BCUT2D eigenvalue weighted by Crippen LogP contribution is -2.32. The van der Waals surface area contributed by atoms with Gasteiger partial charge in [0.1, 0.15) is 6.10 Å². The van der Waals surface area contributed by atoms with Gasteiger partial charge in [-0.3, -0.25) is 0 Å². The number of rotatable bonds is 2. The lowest BCUT2D eigenvalue weighted by Gasteiger charge is -2.14. The molecule has 0 saturated heterocycles. The van der Waals surface area contributed by atoms with Gasteiger partial charge in [-0.25, -0.2) is 0 Å². The third-order valence-corrected chi connectivity index (χ3v) is 2.29. The van der Waals surface area contributed by atoms with Gasteiger partial charge in [-0.2, -0.15) is 0 Å². The van der Waals surface area contributed by atoms with Crippen molar-refractivity contribution in [3.8, 4) is 0 Å². The Morgan fingerprint density at radius 1 is 1.36 bits per heavy atom. The minimum atomic E-state index is -0.850. The summed E-state index contributed by atoms with van der Waals surface area (Å²) in [6.07, 6.45) is -1.50. The molecule has 11 heavy (non-hydrogen) atoms. The maximum atomic E-state index is 9.27. The van der Waals surface area contributed by atoms with Crippen molar-refractivity contribution in [3.05, 3.63) is 0 Å². The summed E-state index contributed by atoms with van der Waals surface area (Å²) >= 11 is 0. The molecule has 0 spiro atoms. The summed E-state index contributed by atoms with van der Waals surface area (Å²) in [4.78, 5) is 0. The highest BCUT2D eigenvalue weighted by Gasteiger charge is 2.40. The molecule has 1 fully saturated rings. The molecule has 1 aliphatic rings. The van der Waals surface area contributed by atoms with Crippen molar-refractivity contribution >= 4 is 0 Å². The van der Waals surface area contributed by atoms with Gasteiger partial charge in [0.25, 0.3) is 0 Å². The van der Waals surface area contributed by atoms with E-state index in [-0.39, 0.29) is 18.6 Å². The molecule has 4 atom stereocenters. The maximum absolute atomic E-state index is 9.27. The number of ether oxygens (including phenoxy) is 1. The van der Waals surface area contributed by atoms with E-state index >= 15 is 0 Å². The zero-order valence-electron chi connectivity index (χ0n) is 6.47. The van der Waals surface area contributed by atoms with Crippen molar-refractivity contribution in [3.63, 3.8) is 0 Å². The van der Waals surface area contributed by atoms with E-state index in [0.717, 1.165) is 0 Å². The summed E-state index contributed by atoms with van der Waals surface area (Å²) in [7, 11) is 1.49. The number of hydrogen-bond acceptors (Lipinski definition) is 4. The molecule has 0 amide bonds. The highest BCUT2D eigenvalue weighted by atomic mass is 16.5. The van der Waals surface area contributed by atoms with E-state index in [0.29, 0.717) is 6.42 Å². The average Bonchev–Trinajstić information content (AvgIpc) is 2.30. The molecular weight excluding hydrogens is 149 g/mol. The molecule has 3 N–H and O–H groups in total. The van der Waals surface area contributed by atoms with Crippen molar-refractivity contribution in [2.45, 2.75) is 24.7 Å². The van der Waals surface area contributed by atoms with E-state index in [4.69, 9.17) is 9.84 Å². The minimum Gasteiger partial charge on any atom is -0.396 e. The van der Waals surface area contributed by atoms with Gasteiger partial charge in [0.15, 0.2) is 0 Å². The van der Waals surface area contributed by atoms with E-state index in [9.17, 15) is 10.2 Å². The smallest absolute Gasteiger partial charge is 0.106 e. The van der Waals surface area contributed by atoms with Crippen LogP contribution in [0.1, 0.15) is 6.42 Å². The summed E-state index contributed by atoms with van der Waals surface area (Å²) in [5, 5.41) is 27.3. The molecule has 4 nitrogen and oxygen atoms in total. The molecule has 0 heterocycles. The van der Waals surface area contributed by atoms with Crippen LogP contribution in [0.15, 0.2) is 0 Å².